The fraction of sp³-hybridized carbons (Fsp3) is 1.00. The van der Waals surface area contributed by atoms with E-state index in [2.05, 4.69) is 25.7 Å². The Balaban J connectivity index is 2.58. The maximum Gasteiger partial charge on any atom is 0.00501 e. The second-order valence-electron chi connectivity index (χ2n) is 6.34. The molecule has 0 amide bonds. The Labute approximate surface area is 108 Å². The van der Waals surface area contributed by atoms with Gasteiger partial charge in [-0.1, -0.05) is 46.5 Å². The quantitative estimate of drug-likeness (QED) is 0.722. The van der Waals surface area contributed by atoms with Crippen LogP contribution in [-0.4, -0.2) is 31.1 Å². The maximum absolute atomic E-state index is 6.11. The minimum atomic E-state index is 0.418. The molecule has 102 valence electrons. The molecule has 0 aromatic carbocycles. The van der Waals surface area contributed by atoms with E-state index in [1.54, 1.807) is 0 Å². The van der Waals surface area contributed by atoms with E-state index in [1.165, 1.54) is 58.2 Å². The molecule has 2 heteroatoms. The molecule has 2 nitrogen and oxygen atoms in total. The standard InChI is InChI=1S/C15H32N2/c1-4-17(11-14(2)3)13-15(12-16)9-7-5-6-8-10-15/h14H,4-13,16H2,1-3H3. The van der Waals surface area contributed by atoms with Gasteiger partial charge in [-0.2, -0.15) is 0 Å². The highest BCUT2D eigenvalue weighted by molar-refractivity contribution is 4.85. The molecule has 0 saturated heterocycles. The molecule has 0 spiro atoms. The summed E-state index contributed by atoms with van der Waals surface area (Å²) >= 11 is 0. The van der Waals surface area contributed by atoms with Crippen LogP contribution in [0.15, 0.2) is 0 Å². The van der Waals surface area contributed by atoms with Gasteiger partial charge in [-0.05, 0) is 37.3 Å². The first-order valence-electron chi connectivity index (χ1n) is 7.54. The van der Waals surface area contributed by atoms with Crippen LogP contribution in [0, 0.1) is 11.3 Å². The van der Waals surface area contributed by atoms with Crippen LogP contribution in [-0.2, 0) is 0 Å². The number of nitrogens with two attached hydrogens (primary N) is 1. The average molecular weight is 240 g/mol. The first-order chi connectivity index (χ1) is 8.12. The normalized spacial score (nSPS) is 20.8. The van der Waals surface area contributed by atoms with Crippen LogP contribution in [0.1, 0.15) is 59.3 Å². The molecule has 0 aliphatic heterocycles. The minimum Gasteiger partial charge on any atom is -0.330 e. The van der Waals surface area contributed by atoms with Crippen molar-refractivity contribution in [3.8, 4) is 0 Å². The molecule has 0 aromatic rings. The van der Waals surface area contributed by atoms with Crippen LogP contribution < -0.4 is 5.73 Å². The van der Waals surface area contributed by atoms with Gasteiger partial charge in [-0.25, -0.2) is 0 Å². The molecule has 0 bridgehead atoms. The zero-order valence-corrected chi connectivity index (χ0v) is 12.2. The molecule has 1 fully saturated rings. The fourth-order valence-electron chi connectivity index (χ4n) is 3.20. The predicted molar refractivity (Wildman–Crippen MR) is 76.1 cm³/mol. The third-order valence-electron chi connectivity index (χ3n) is 4.23. The Bertz CT molecular complexity index is 193. The molecule has 1 saturated carbocycles. The van der Waals surface area contributed by atoms with Crippen molar-refractivity contribution >= 4 is 0 Å². The van der Waals surface area contributed by atoms with Crippen molar-refractivity contribution in [3.63, 3.8) is 0 Å². The summed E-state index contributed by atoms with van der Waals surface area (Å²) in [7, 11) is 0. The van der Waals surface area contributed by atoms with E-state index in [-0.39, 0.29) is 0 Å². The zero-order valence-electron chi connectivity index (χ0n) is 12.2. The summed E-state index contributed by atoms with van der Waals surface area (Å²) in [6, 6.07) is 0. The van der Waals surface area contributed by atoms with Gasteiger partial charge in [0.1, 0.15) is 0 Å². The molecular formula is C15H32N2. The highest BCUT2D eigenvalue weighted by atomic mass is 15.1. The van der Waals surface area contributed by atoms with Crippen LogP contribution >= 0.6 is 0 Å². The topological polar surface area (TPSA) is 29.3 Å². The number of rotatable bonds is 6. The molecule has 17 heavy (non-hydrogen) atoms. The average Bonchev–Trinajstić information content (AvgIpc) is 2.54. The van der Waals surface area contributed by atoms with Crippen LogP contribution in [0.4, 0.5) is 0 Å². The number of nitrogens with zero attached hydrogens (tertiary/aromatic N) is 1. The van der Waals surface area contributed by atoms with Gasteiger partial charge in [0, 0.05) is 13.1 Å². The van der Waals surface area contributed by atoms with Gasteiger partial charge in [0.25, 0.3) is 0 Å². The Morgan fingerprint density at radius 3 is 2.12 bits per heavy atom. The molecule has 1 rings (SSSR count). The van der Waals surface area contributed by atoms with Crippen molar-refractivity contribution in [1.82, 2.24) is 4.90 Å². The Hall–Kier alpha value is -0.0800. The van der Waals surface area contributed by atoms with Crippen molar-refractivity contribution < 1.29 is 0 Å². The summed E-state index contributed by atoms with van der Waals surface area (Å²) in [6.45, 7) is 11.4. The lowest BCUT2D eigenvalue weighted by molar-refractivity contribution is 0.130. The third kappa shape index (κ3) is 4.97. The van der Waals surface area contributed by atoms with E-state index in [9.17, 15) is 0 Å². The summed E-state index contributed by atoms with van der Waals surface area (Å²) in [5, 5.41) is 0. The lowest BCUT2D eigenvalue weighted by atomic mass is 9.79. The smallest absolute Gasteiger partial charge is 0.00501 e. The first kappa shape index (κ1) is 15.0. The monoisotopic (exact) mass is 240 g/mol. The van der Waals surface area contributed by atoms with Crippen LogP contribution in [0.3, 0.4) is 0 Å². The Morgan fingerprint density at radius 2 is 1.71 bits per heavy atom. The number of hydrogen-bond acceptors (Lipinski definition) is 2. The van der Waals surface area contributed by atoms with Crippen molar-refractivity contribution in [2.75, 3.05) is 26.2 Å². The van der Waals surface area contributed by atoms with E-state index >= 15 is 0 Å². The largest absolute Gasteiger partial charge is 0.330 e. The van der Waals surface area contributed by atoms with Gasteiger partial charge in [0.2, 0.25) is 0 Å². The zero-order chi connectivity index (χ0) is 12.7. The van der Waals surface area contributed by atoms with Crippen molar-refractivity contribution in [2.45, 2.75) is 59.3 Å². The van der Waals surface area contributed by atoms with E-state index in [1.807, 2.05) is 0 Å². The van der Waals surface area contributed by atoms with Gasteiger partial charge in [-0.15, -0.1) is 0 Å². The molecular weight excluding hydrogens is 208 g/mol. The predicted octanol–water partition coefficient (Wildman–Crippen LogP) is 3.26. The summed E-state index contributed by atoms with van der Waals surface area (Å²) in [5.74, 6) is 0.760. The second-order valence-corrected chi connectivity index (χ2v) is 6.34. The van der Waals surface area contributed by atoms with Crippen LogP contribution in [0.2, 0.25) is 0 Å². The SMILES string of the molecule is CCN(CC(C)C)CC1(CN)CCCCCC1. The van der Waals surface area contributed by atoms with E-state index in [0.29, 0.717) is 5.41 Å². The second kappa shape index (κ2) is 7.38. The van der Waals surface area contributed by atoms with E-state index in [4.69, 9.17) is 5.73 Å². The number of hydrogen-bond donors (Lipinski definition) is 1. The fourth-order valence-corrected chi connectivity index (χ4v) is 3.20. The molecule has 0 radical (unpaired) electrons. The highest BCUT2D eigenvalue weighted by Crippen LogP contribution is 2.35. The maximum atomic E-state index is 6.11. The summed E-state index contributed by atoms with van der Waals surface area (Å²) < 4.78 is 0. The molecule has 0 atom stereocenters. The van der Waals surface area contributed by atoms with Gasteiger partial charge in [0.15, 0.2) is 0 Å². The lowest BCUT2D eigenvalue weighted by Crippen LogP contribution is -2.43. The highest BCUT2D eigenvalue weighted by Gasteiger charge is 2.31. The molecule has 1 aliphatic carbocycles. The van der Waals surface area contributed by atoms with Gasteiger partial charge < -0.3 is 10.6 Å². The van der Waals surface area contributed by atoms with Gasteiger partial charge in [0.05, 0.1) is 0 Å². The van der Waals surface area contributed by atoms with Crippen LogP contribution in [0.5, 0.6) is 0 Å². The van der Waals surface area contributed by atoms with Crippen molar-refractivity contribution in [2.24, 2.45) is 17.1 Å². The van der Waals surface area contributed by atoms with E-state index < -0.39 is 0 Å². The third-order valence-corrected chi connectivity index (χ3v) is 4.23. The summed E-state index contributed by atoms with van der Waals surface area (Å²) in [5.41, 5.74) is 6.53. The Kier molecular flexibility index (Phi) is 6.50. The summed E-state index contributed by atoms with van der Waals surface area (Å²) in [6.07, 6.45) is 8.29. The molecule has 0 heterocycles. The minimum absolute atomic E-state index is 0.418. The van der Waals surface area contributed by atoms with Crippen LogP contribution in [0.25, 0.3) is 0 Å². The van der Waals surface area contributed by atoms with Crippen molar-refractivity contribution in [1.29, 1.82) is 0 Å². The van der Waals surface area contributed by atoms with Crippen molar-refractivity contribution in [3.05, 3.63) is 0 Å². The molecule has 2 N–H and O–H groups in total. The first-order valence-corrected chi connectivity index (χ1v) is 7.54. The Morgan fingerprint density at radius 1 is 1.12 bits per heavy atom. The van der Waals surface area contributed by atoms with Gasteiger partial charge in [-0.3, -0.25) is 0 Å². The molecule has 1 aliphatic rings. The van der Waals surface area contributed by atoms with E-state index in [0.717, 1.165) is 12.5 Å². The molecule has 0 aromatic heterocycles. The lowest BCUT2D eigenvalue weighted by Gasteiger charge is -2.37. The van der Waals surface area contributed by atoms with Gasteiger partial charge >= 0.3 is 0 Å². The molecule has 0 unspecified atom stereocenters. The summed E-state index contributed by atoms with van der Waals surface area (Å²) in [4.78, 5) is 2.61.